The monoisotopic (exact) mass is 510 g/mol. The number of imidazole rings is 1. The zero-order valence-corrected chi connectivity index (χ0v) is 21.6. The van der Waals surface area contributed by atoms with Gasteiger partial charge in [-0.25, -0.2) is 9.97 Å². The highest BCUT2D eigenvalue weighted by Gasteiger charge is 2.22. The van der Waals surface area contributed by atoms with Crippen LogP contribution < -0.4 is 9.80 Å². The first-order valence-corrected chi connectivity index (χ1v) is 12.4. The zero-order valence-electron chi connectivity index (χ0n) is 21.6. The number of carboxylic acid groups (broad SMARTS) is 1. The van der Waals surface area contributed by atoms with Crippen LogP contribution in [0.4, 0.5) is 17.3 Å². The molecule has 1 aliphatic heterocycles. The van der Waals surface area contributed by atoms with Crippen LogP contribution >= 0.6 is 0 Å². The molecule has 0 spiro atoms. The number of piperazine rings is 1. The normalized spacial score (nSPS) is 14.4. The Kier molecular flexibility index (Phi) is 8.19. The van der Waals surface area contributed by atoms with Crippen molar-refractivity contribution in [3.63, 3.8) is 0 Å². The second-order valence-electron chi connectivity index (χ2n) is 9.70. The van der Waals surface area contributed by atoms with Gasteiger partial charge in [-0.2, -0.15) is 0 Å². The van der Waals surface area contributed by atoms with Gasteiger partial charge in [-0.15, -0.1) is 0 Å². The van der Waals surface area contributed by atoms with Gasteiger partial charge in [0, 0.05) is 58.0 Å². The van der Waals surface area contributed by atoms with Gasteiger partial charge >= 0.3 is 5.97 Å². The fraction of sp³-hybridized carbons (Fsp3) is 0.480. The third kappa shape index (κ3) is 6.52. The van der Waals surface area contributed by atoms with Gasteiger partial charge in [0.05, 0.1) is 16.8 Å². The molecule has 4 rings (SSSR count). The minimum atomic E-state index is -0.945. The van der Waals surface area contributed by atoms with Crippen molar-refractivity contribution in [1.82, 2.24) is 24.3 Å². The Balaban J connectivity index is 1.59. The Morgan fingerprint density at radius 2 is 1.84 bits per heavy atom. The fourth-order valence-electron chi connectivity index (χ4n) is 4.59. The topological polar surface area (TPSA) is 124 Å². The first-order chi connectivity index (χ1) is 17.7. The molecule has 1 aromatic carbocycles. The average Bonchev–Trinajstić information content (AvgIpc) is 3.26. The molecule has 3 heterocycles. The number of anilines is 2. The number of hydrogen-bond donors (Lipinski definition) is 1. The van der Waals surface area contributed by atoms with Crippen molar-refractivity contribution >= 4 is 34.3 Å². The number of nitro benzene ring substituents is 1. The maximum Gasteiger partial charge on any atom is 0.323 e. The summed E-state index contributed by atoms with van der Waals surface area (Å²) in [6, 6.07) is 8.46. The molecule has 2 aromatic heterocycles. The summed E-state index contributed by atoms with van der Waals surface area (Å²) in [5.41, 5.74) is 2.40. The number of aliphatic carboxylic acids is 1. The number of hydrogen-bond acceptors (Lipinski definition) is 9. The molecule has 198 valence electrons. The van der Waals surface area contributed by atoms with Gasteiger partial charge in [0.15, 0.2) is 5.82 Å². The highest BCUT2D eigenvalue weighted by atomic mass is 16.6. The van der Waals surface area contributed by atoms with Gasteiger partial charge in [0.1, 0.15) is 17.9 Å². The third-order valence-corrected chi connectivity index (χ3v) is 6.59. The van der Waals surface area contributed by atoms with E-state index in [4.69, 9.17) is 4.98 Å². The predicted molar refractivity (Wildman–Crippen MR) is 142 cm³/mol. The van der Waals surface area contributed by atoms with E-state index >= 15 is 0 Å². The summed E-state index contributed by atoms with van der Waals surface area (Å²) in [5, 5.41) is 20.4. The van der Waals surface area contributed by atoms with Crippen molar-refractivity contribution < 1.29 is 14.8 Å². The van der Waals surface area contributed by atoms with Crippen molar-refractivity contribution in [2.75, 3.05) is 76.8 Å². The van der Waals surface area contributed by atoms with Crippen LogP contribution in [-0.2, 0) is 11.3 Å². The SMILES string of the molecule is CN(C)CCCN1CCN(c2cc3c(ncn3Cc3ccc([N+](=O)[O-])cc3)c(N(C)CC(=O)O)n2)CC1. The van der Waals surface area contributed by atoms with Gasteiger partial charge in [0.25, 0.3) is 5.69 Å². The second kappa shape index (κ2) is 11.5. The Hall–Kier alpha value is -3.77. The molecule has 0 unspecified atom stereocenters. The van der Waals surface area contributed by atoms with E-state index in [1.54, 1.807) is 30.4 Å². The number of pyridine rings is 1. The van der Waals surface area contributed by atoms with Gasteiger partial charge < -0.3 is 24.4 Å². The number of fused-ring (bicyclic) bond motifs is 1. The van der Waals surface area contributed by atoms with Gasteiger partial charge in [-0.05, 0) is 39.2 Å². The van der Waals surface area contributed by atoms with Crippen LogP contribution in [0.3, 0.4) is 0 Å². The number of carboxylic acids is 1. The molecular weight excluding hydrogens is 476 g/mol. The summed E-state index contributed by atoms with van der Waals surface area (Å²) in [4.78, 5) is 39.9. The van der Waals surface area contributed by atoms with E-state index < -0.39 is 10.9 Å². The standard InChI is InChI=1S/C25H34N8O4/c1-28(2)9-4-10-30-11-13-31(14-12-30)22-15-21-24(25(27-22)29(3)17-23(34)35)26-18-32(21)16-19-5-7-20(8-6-19)33(36)37/h5-8,15,18H,4,9-14,16-17H2,1-3H3,(H,34,35). The van der Waals surface area contributed by atoms with E-state index in [1.165, 1.54) is 12.1 Å². The summed E-state index contributed by atoms with van der Waals surface area (Å²) in [7, 11) is 5.88. The van der Waals surface area contributed by atoms with E-state index in [0.717, 1.165) is 62.6 Å². The first kappa shape index (κ1) is 26.3. The quantitative estimate of drug-likeness (QED) is 0.302. The lowest BCUT2D eigenvalue weighted by molar-refractivity contribution is -0.384. The number of benzene rings is 1. The molecule has 12 heteroatoms. The molecule has 12 nitrogen and oxygen atoms in total. The fourth-order valence-corrected chi connectivity index (χ4v) is 4.59. The van der Waals surface area contributed by atoms with Crippen LogP contribution in [0.5, 0.6) is 0 Å². The molecule has 0 saturated carbocycles. The lowest BCUT2D eigenvalue weighted by Gasteiger charge is -2.36. The number of rotatable bonds is 11. The summed E-state index contributed by atoms with van der Waals surface area (Å²) in [6.45, 7) is 5.95. The van der Waals surface area contributed by atoms with Crippen molar-refractivity contribution in [2.24, 2.45) is 0 Å². The smallest absolute Gasteiger partial charge is 0.323 e. The molecule has 0 amide bonds. The molecule has 0 bridgehead atoms. The molecule has 1 aliphatic rings. The van der Waals surface area contributed by atoms with Gasteiger partial charge in [0.2, 0.25) is 0 Å². The summed E-state index contributed by atoms with van der Waals surface area (Å²) >= 11 is 0. The number of nitrogens with zero attached hydrogens (tertiary/aromatic N) is 8. The van der Waals surface area contributed by atoms with Crippen LogP contribution in [0.1, 0.15) is 12.0 Å². The predicted octanol–water partition coefficient (Wildman–Crippen LogP) is 1.98. The van der Waals surface area contributed by atoms with E-state index in [1.807, 2.05) is 10.6 Å². The number of aromatic nitrogens is 3. The molecule has 37 heavy (non-hydrogen) atoms. The number of likely N-dealkylation sites (N-methyl/N-ethyl adjacent to an activating group) is 1. The zero-order chi connectivity index (χ0) is 26.5. The van der Waals surface area contributed by atoms with E-state index in [0.29, 0.717) is 17.9 Å². The Morgan fingerprint density at radius 3 is 2.46 bits per heavy atom. The van der Waals surface area contributed by atoms with Crippen LogP contribution in [-0.4, -0.2) is 107 Å². The number of non-ortho nitro benzene ring substituents is 1. The lowest BCUT2D eigenvalue weighted by Crippen LogP contribution is -2.47. The van der Waals surface area contributed by atoms with Crippen molar-refractivity contribution in [1.29, 1.82) is 0 Å². The molecule has 0 radical (unpaired) electrons. The molecule has 1 N–H and O–H groups in total. The Bertz CT molecular complexity index is 1240. The van der Waals surface area contributed by atoms with Gasteiger partial charge in [-0.3, -0.25) is 19.8 Å². The lowest BCUT2D eigenvalue weighted by atomic mass is 10.2. The molecule has 3 aromatic rings. The van der Waals surface area contributed by atoms with Crippen molar-refractivity contribution in [2.45, 2.75) is 13.0 Å². The Labute approximate surface area is 215 Å². The molecule has 1 fully saturated rings. The summed E-state index contributed by atoms with van der Waals surface area (Å²) in [6.07, 6.45) is 2.83. The van der Waals surface area contributed by atoms with Crippen LogP contribution in [0.15, 0.2) is 36.7 Å². The minimum absolute atomic E-state index is 0.0455. The minimum Gasteiger partial charge on any atom is -0.480 e. The van der Waals surface area contributed by atoms with E-state index in [2.05, 4.69) is 33.8 Å². The second-order valence-corrected chi connectivity index (χ2v) is 9.70. The highest BCUT2D eigenvalue weighted by molar-refractivity contribution is 5.90. The largest absolute Gasteiger partial charge is 0.480 e. The van der Waals surface area contributed by atoms with Crippen LogP contribution in [0, 0.1) is 10.1 Å². The highest BCUT2D eigenvalue weighted by Crippen LogP contribution is 2.29. The first-order valence-electron chi connectivity index (χ1n) is 12.4. The molecule has 1 saturated heterocycles. The molecule has 0 aliphatic carbocycles. The number of carbonyl (C=O) groups is 1. The van der Waals surface area contributed by atoms with Crippen molar-refractivity contribution in [3.8, 4) is 0 Å². The van der Waals surface area contributed by atoms with E-state index in [-0.39, 0.29) is 12.2 Å². The van der Waals surface area contributed by atoms with Crippen LogP contribution in [0.2, 0.25) is 0 Å². The van der Waals surface area contributed by atoms with E-state index in [9.17, 15) is 20.0 Å². The van der Waals surface area contributed by atoms with Crippen molar-refractivity contribution in [3.05, 3.63) is 52.3 Å². The van der Waals surface area contributed by atoms with Crippen LogP contribution in [0.25, 0.3) is 11.0 Å². The third-order valence-electron chi connectivity index (χ3n) is 6.59. The molecular formula is C25H34N8O4. The summed E-state index contributed by atoms with van der Waals surface area (Å²) < 4.78 is 1.97. The van der Waals surface area contributed by atoms with Gasteiger partial charge in [-0.1, -0.05) is 12.1 Å². The summed E-state index contributed by atoms with van der Waals surface area (Å²) in [5.74, 6) is 0.364. The number of nitro groups is 1. The maximum atomic E-state index is 11.4. The average molecular weight is 511 g/mol. The maximum absolute atomic E-state index is 11.4. The Morgan fingerprint density at radius 1 is 1.14 bits per heavy atom. The molecule has 0 atom stereocenters.